The molecule has 0 spiro atoms. The number of rotatable bonds is 8. The molecule has 0 atom stereocenters. The van der Waals surface area contributed by atoms with Crippen LogP contribution < -0.4 is 0 Å². The summed E-state index contributed by atoms with van der Waals surface area (Å²) in [5.74, 6) is 1.41. The van der Waals surface area contributed by atoms with Gasteiger partial charge < -0.3 is 4.74 Å². The fraction of sp³-hybridized carbons (Fsp3) is 0.316. The van der Waals surface area contributed by atoms with Gasteiger partial charge in [0.05, 0.1) is 0 Å². The molecule has 0 fully saturated rings. The van der Waals surface area contributed by atoms with Crippen LogP contribution in [0, 0.1) is 5.92 Å². The number of hydrogen-bond donors (Lipinski definition) is 0. The molecular weight excluding hydrogens is 244 g/mol. The largest absolute Gasteiger partial charge is 0.381 e. The normalized spacial score (nSPS) is 10.9. The molecule has 2 aromatic rings. The van der Waals surface area contributed by atoms with E-state index in [0.717, 1.165) is 32.5 Å². The van der Waals surface area contributed by atoms with E-state index in [1.165, 1.54) is 17.0 Å². The third-order valence-corrected chi connectivity index (χ3v) is 3.31. The van der Waals surface area contributed by atoms with Gasteiger partial charge in [-0.1, -0.05) is 67.6 Å². The SMILES string of the molecule is CCCOCCC[C](c1ccccc1)c1ccccc1. The predicted molar refractivity (Wildman–Crippen MR) is 84.7 cm³/mol. The van der Waals surface area contributed by atoms with Crippen LogP contribution in [0.2, 0.25) is 0 Å². The van der Waals surface area contributed by atoms with Crippen LogP contribution in [-0.4, -0.2) is 13.2 Å². The Balaban J connectivity index is 2.02. The molecule has 0 N–H and O–H groups in total. The Kier molecular flexibility index (Phi) is 6.33. The molecule has 0 bridgehead atoms. The second-order valence-corrected chi connectivity index (χ2v) is 4.93. The molecule has 0 heterocycles. The van der Waals surface area contributed by atoms with E-state index in [1.807, 2.05) is 0 Å². The van der Waals surface area contributed by atoms with Crippen LogP contribution in [0.1, 0.15) is 37.3 Å². The van der Waals surface area contributed by atoms with Crippen molar-refractivity contribution in [1.82, 2.24) is 0 Å². The van der Waals surface area contributed by atoms with Crippen molar-refractivity contribution in [1.29, 1.82) is 0 Å². The highest BCUT2D eigenvalue weighted by Gasteiger charge is 2.13. The van der Waals surface area contributed by atoms with E-state index in [2.05, 4.69) is 67.6 Å². The zero-order chi connectivity index (χ0) is 14.0. The molecule has 105 valence electrons. The molecule has 0 aromatic heterocycles. The highest BCUT2D eigenvalue weighted by atomic mass is 16.5. The quantitative estimate of drug-likeness (QED) is 0.620. The maximum atomic E-state index is 5.59. The summed E-state index contributed by atoms with van der Waals surface area (Å²) in [6, 6.07) is 21.3. The molecule has 1 heteroatoms. The van der Waals surface area contributed by atoms with Crippen LogP contribution in [0.5, 0.6) is 0 Å². The van der Waals surface area contributed by atoms with Gasteiger partial charge in [-0.05, 0) is 30.4 Å². The van der Waals surface area contributed by atoms with Gasteiger partial charge >= 0.3 is 0 Å². The second-order valence-electron chi connectivity index (χ2n) is 4.93. The maximum Gasteiger partial charge on any atom is 0.0466 e. The summed E-state index contributed by atoms with van der Waals surface area (Å²) < 4.78 is 5.59. The lowest BCUT2D eigenvalue weighted by atomic mass is 9.88. The number of benzene rings is 2. The van der Waals surface area contributed by atoms with Gasteiger partial charge in [-0.15, -0.1) is 0 Å². The van der Waals surface area contributed by atoms with Crippen LogP contribution >= 0.6 is 0 Å². The average Bonchev–Trinajstić information content (AvgIpc) is 2.53. The summed E-state index contributed by atoms with van der Waals surface area (Å²) in [6.07, 6.45) is 3.21. The van der Waals surface area contributed by atoms with Crippen molar-refractivity contribution < 1.29 is 4.74 Å². The standard InChI is InChI=1S/C19H23O/c1-2-15-20-16-9-14-19(17-10-5-3-6-11-17)18-12-7-4-8-13-18/h3-8,10-13H,2,9,14-16H2,1H3. The van der Waals surface area contributed by atoms with Gasteiger partial charge in [0.15, 0.2) is 0 Å². The lowest BCUT2D eigenvalue weighted by Gasteiger charge is -2.17. The van der Waals surface area contributed by atoms with Crippen molar-refractivity contribution >= 4 is 0 Å². The van der Waals surface area contributed by atoms with Gasteiger partial charge in [0, 0.05) is 19.1 Å². The first kappa shape index (κ1) is 14.8. The van der Waals surface area contributed by atoms with Gasteiger partial charge in [0.2, 0.25) is 0 Å². The van der Waals surface area contributed by atoms with Crippen molar-refractivity contribution in [3.05, 3.63) is 77.7 Å². The van der Waals surface area contributed by atoms with Crippen molar-refractivity contribution in [3.63, 3.8) is 0 Å². The topological polar surface area (TPSA) is 9.23 Å². The van der Waals surface area contributed by atoms with Gasteiger partial charge in [-0.3, -0.25) is 0 Å². The van der Waals surface area contributed by atoms with Gasteiger partial charge in [-0.2, -0.15) is 0 Å². The highest BCUT2D eigenvalue weighted by Crippen LogP contribution is 2.27. The summed E-state index contributed by atoms with van der Waals surface area (Å²) >= 11 is 0. The van der Waals surface area contributed by atoms with Gasteiger partial charge in [0.25, 0.3) is 0 Å². The van der Waals surface area contributed by atoms with Gasteiger partial charge in [-0.25, -0.2) is 0 Å². The molecule has 0 aliphatic heterocycles. The minimum absolute atomic E-state index is 0.844. The van der Waals surface area contributed by atoms with E-state index < -0.39 is 0 Å². The van der Waals surface area contributed by atoms with Crippen LogP contribution in [0.25, 0.3) is 0 Å². The summed E-state index contributed by atoms with van der Waals surface area (Å²) in [5.41, 5.74) is 2.63. The van der Waals surface area contributed by atoms with E-state index in [0.29, 0.717) is 0 Å². The van der Waals surface area contributed by atoms with Crippen molar-refractivity contribution in [2.24, 2.45) is 0 Å². The molecule has 20 heavy (non-hydrogen) atoms. The van der Waals surface area contributed by atoms with E-state index >= 15 is 0 Å². The Morgan fingerprint density at radius 2 is 1.35 bits per heavy atom. The molecular formula is C19H23O. The minimum Gasteiger partial charge on any atom is -0.381 e. The molecule has 2 aromatic carbocycles. The molecule has 1 nitrogen and oxygen atoms in total. The van der Waals surface area contributed by atoms with Crippen molar-refractivity contribution in [2.75, 3.05) is 13.2 Å². The Labute approximate surface area is 122 Å². The first-order chi connectivity index (χ1) is 9.92. The van der Waals surface area contributed by atoms with Crippen molar-refractivity contribution in [3.8, 4) is 0 Å². The highest BCUT2D eigenvalue weighted by molar-refractivity contribution is 5.45. The van der Waals surface area contributed by atoms with Crippen LogP contribution in [-0.2, 0) is 4.74 Å². The lowest BCUT2D eigenvalue weighted by molar-refractivity contribution is 0.132. The number of hydrogen-bond acceptors (Lipinski definition) is 1. The van der Waals surface area contributed by atoms with E-state index in [9.17, 15) is 0 Å². The Morgan fingerprint density at radius 1 is 0.800 bits per heavy atom. The minimum atomic E-state index is 0.844. The summed E-state index contributed by atoms with van der Waals surface area (Å²) in [5, 5.41) is 0. The monoisotopic (exact) mass is 267 g/mol. The van der Waals surface area contributed by atoms with E-state index in [1.54, 1.807) is 0 Å². The molecule has 0 amide bonds. The Morgan fingerprint density at radius 3 is 1.85 bits per heavy atom. The van der Waals surface area contributed by atoms with Crippen molar-refractivity contribution in [2.45, 2.75) is 26.2 Å². The third-order valence-electron chi connectivity index (χ3n) is 3.31. The summed E-state index contributed by atoms with van der Waals surface area (Å²) in [7, 11) is 0. The fourth-order valence-electron chi connectivity index (χ4n) is 2.33. The molecule has 1 radical (unpaired) electrons. The fourth-order valence-corrected chi connectivity index (χ4v) is 2.33. The van der Waals surface area contributed by atoms with Crippen LogP contribution in [0.4, 0.5) is 0 Å². The Bertz CT molecular complexity index is 424. The zero-order valence-electron chi connectivity index (χ0n) is 12.2. The Hall–Kier alpha value is -1.60. The zero-order valence-corrected chi connectivity index (χ0v) is 12.2. The molecule has 0 aliphatic carbocycles. The second kappa shape index (κ2) is 8.55. The lowest BCUT2D eigenvalue weighted by Crippen LogP contribution is -2.05. The van der Waals surface area contributed by atoms with E-state index in [-0.39, 0.29) is 0 Å². The maximum absolute atomic E-state index is 5.59. The van der Waals surface area contributed by atoms with Crippen LogP contribution in [0.3, 0.4) is 0 Å². The smallest absolute Gasteiger partial charge is 0.0466 e. The molecule has 0 aliphatic rings. The first-order valence-electron chi connectivity index (χ1n) is 7.46. The molecule has 2 rings (SSSR count). The van der Waals surface area contributed by atoms with E-state index in [4.69, 9.17) is 4.74 Å². The van der Waals surface area contributed by atoms with Crippen LogP contribution in [0.15, 0.2) is 60.7 Å². The number of ether oxygens (including phenoxy) is 1. The predicted octanol–water partition coefficient (Wildman–Crippen LogP) is 4.86. The molecule has 0 saturated heterocycles. The summed E-state index contributed by atoms with van der Waals surface area (Å²) in [4.78, 5) is 0. The molecule has 0 saturated carbocycles. The average molecular weight is 267 g/mol. The first-order valence-corrected chi connectivity index (χ1v) is 7.46. The summed E-state index contributed by atoms with van der Waals surface area (Å²) in [6.45, 7) is 3.86. The third kappa shape index (κ3) is 4.50. The molecule has 0 unspecified atom stereocenters. The van der Waals surface area contributed by atoms with Gasteiger partial charge in [0.1, 0.15) is 0 Å².